The average molecular weight is 322 g/mol. The maximum absolute atomic E-state index is 6.33. The molecular weight excluding hydrogens is 301 g/mol. The minimum absolute atomic E-state index is 0.0591. The standard InChI is InChI=1S/C18H21Cl2N/c1-18(2,3)13-7-5-12(6-8-13)17(21-4)15-10-9-14(19)11-16(15)20/h5-11,17,21H,1-4H3. The zero-order chi connectivity index (χ0) is 15.6. The summed E-state index contributed by atoms with van der Waals surface area (Å²) in [7, 11) is 1.94. The van der Waals surface area contributed by atoms with Crippen molar-refractivity contribution in [1.82, 2.24) is 5.32 Å². The summed E-state index contributed by atoms with van der Waals surface area (Å²) in [4.78, 5) is 0. The van der Waals surface area contributed by atoms with Gasteiger partial charge in [0, 0.05) is 10.0 Å². The average Bonchev–Trinajstić information content (AvgIpc) is 2.41. The van der Waals surface area contributed by atoms with Crippen LogP contribution in [-0.4, -0.2) is 7.05 Å². The summed E-state index contributed by atoms with van der Waals surface area (Å²) in [6.07, 6.45) is 0. The Balaban J connectivity index is 2.37. The first kappa shape index (κ1) is 16.4. The Bertz CT molecular complexity index is 612. The van der Waals surface area contributed by atoms with Gasteiger partial charge in [-0.2, -0.15) is 0 Å². The van der Waals surface area contributed by atoms with Crippen molar-refractivity contribution < 1.29 is 0 Å². The molecule has 2 rings (SSSR count). The second-order valence-corrected chi connectivity index (χ2v) is 7.10. The molecule has 2 aromatic carbocycles. The molecule has 0 radical (unpaired) electrons. The fraction of sp³-hybridized carbons (Fsp3) is 0.333. The molecule has 112 valence electrons. The number of nitrogens with one attached hydrogen (secondary N) is 1. The first-order chi connectivity index (χ1) is 9.82. The lowest BCUT2D eigenvalue weighted by atomic mass is 9.86. The van der Waals surface area contributed by atoms with E-state index in [1.54, 1.807) is 6.07 Å². The van der Waals surface area contributed by atoms with E-state index in [2.05, 4.69) is 50.4 Å². The molecule has 0 aliphatic carbocycles. The van der Waals surface area contributed by atoms with E-state index in [0.717, 1.165) is 5.56 Å². The molecule has 1 unspecified atom stereocenters. The number of rotatable bonds is 3. The van der Waals surface area contributed by atoms with Crippen molar-refractivity contribution in [3.8, 4) is 0 Å². The van der Waals surface area contributed by atoms with Crippen molar-refractivity contribution >= 4 is 23.2 Å². The van der Waals surface area contributed by atoms with E-state index in [9.17, 15) is 0 Å². The topological polar surface area (TPSA) is 12.0 Å². The SMILES string of the molecule is CNC(c1ccc(C(C)(C)C)cc1)c1ccc(Cl)cc1Cl. The van der Waals surface area contributed by atoms with Gasteiger partial charge in [0.2, 0.25) is 0 Å². The van der Waals surface area contributed by atoms with Crippen LogP contribution in [0.5, 0.6) is 0 Å². The van der Waals surface area contributed by atoms with Crippen molar-refractivity contribution in [2.75, 3.05) is 7.05 Å². The van der Waals surface area contributed by atoms with Gasteiger partial charge in [-0.25, -0.2) is 0 Å². The number of hydrogen-bond donors (Lipinski definition) is 1. The Morgan fingerprint density at radius 2 is 1.57 bits per heavy atom. The van der Waals surface area contributed by atoms with Crippen LogP contribution in [0.1, 0.15) is 43.5 Å². The molecule has 0 heterocycles. The van der Waals surface area contributed by atoms with Crippen LogP contribution in [0.4, 0.5) is 0 Å². The maximum Gasteiger partial charge on any atom is 0.0589 e. The Hall–Kier alpha value is -1.02. The van der Waals surface area contributed by atoms with Gasteiger partial charge in [-0.1, -0.05) is 74.3 Å². The van der Waals surface area contributed by atoms with Gasteiger partial charge in [0.1, 0.15) is 0 Å². The normalized spacial score (nSPS) is 13.2. The summed E-state index contributed by atoms with van der Waals surface area (Å²) in [5, 5.41) is 4.66. The molecule has 0 aliphatic rings. The summed E-state index contributed by atoms with van der Waals surface area (Å²) in [6.45, 7) is 6.65. The van der Waals surface area contributed by atoms with Crippen molar-refractivity contribution in [2.45, 2.75) is 32.2 Å². The van der Waals surface area contributed by atoms with E-state index in [-0.39, 0.29) is 11.5 Å². The van der Waals surface area contributed by atoms with E-state index >= 15 is 0 Å². The molecule has 3 heteroatoms. The second-order valence-electron chi connectivity index (χ2n) is 6.26. The summed E-state index contributed by atoms with van der Waals surface area (Å²) < 4.78 is 0. The molecule has 0 amide bonds. The molecule has 0 fully saturated rings. The third-order valence-electron chi connectivity index (χ3n) is 3.67. The fourth-order valence-corrected chi connectivity index (χ4v) is 2.93. The van der Waals surface area contributed by atoms with Crippen LogP contribution in [0, 0.1) is 0 Å². The lowest BCUT2D eigenvalue weighted by molar-refractivity contribution is 0.589. The third kappa shape index (κ3) is 3.79. The molecule has 0 aliphatic heterocycles. The highest BCUT2D eigenvalue weighted by Crippen LogP contribution is 2.31. The van der Waals surface area contributed by atoms with Crippen molar-refractivity contribution in [1.29, 1.82) is 0 Å². The molecular formula is C18H21Cl2N. The Kier molecular flexibility index (Phi) is 4.98. The van der Waals surface area contributed by atoms with Crippen molar-refractivity contribution in [2.24, 2.45) is 0 Å². The molecule has 2 aromatic rings. The van der Waals surface area contributed by atoms with Gasteiger partial charge < -0.3 is 5.32 Å². The van der Waals surface area contributed by atoms with Gasteiger partial charge in [-0.3, -0.25) is 0 Å². The lowest BCUT2D eigenvalue weighted by Gasteiger charge is -2.22. The van der Waals surface area contributed by atoms with Crippen LogP contribution in [0.15, 0.2) is 42.5 Å². The van der Waals surface area contributed by atoms with Crippen LogP contribution in [0.25, 0.3) is 0 Å². The second kappa shape index (κ2) is 6.39. The van der Waals surface area contributed by atoms with Crippen LogP contribution >= 0.6 is 23.2 Å². The number of halogens is 2. The Morgan fingerprint density at radius 3 is 2.05 bits per heavy atom. The van der Waals surface area contributed by atoms with Crippen molar-refractivity contribution in [3.05, 3.63) is 69.2 Å². The minimum Gasteiger partial charge on any atom is -0.309 e. The van der Waals surface area contributed by atoms with Crippen LogP contribution in [0.3, 0.4) is 0 Å². The summed E-state index contributed by atoms with van der Waals surface area (Å²) in [5.74, 6) is 0. The van der Waals surface area contributed by atoms with Crippen LogP contribution < -0.4 is 5.32 Å². The van der Waals surface area contributed by atoms with E-state index in [4.69, 9.17) is 23.2 Å². The van der Waals surface area contributed by atoms with Crippen LogP contribution in [0.2, 0.25) is 10.0 Å². The van der Waals surface area contributed by atoms with E-state index < -0.39 is 0 Å². The predicted octanol–water partition coefficient (Wildman–Crippen LogP) is 5.60. The zero-order valence-corrected chi connectivity index (χ0v) is 14.4. The van der Waals surface area contributed by atoms with Gasteiger partial charge in [-0.05, 0) is 41.3 Å². The van der Waals surface area contributed by atoms with E-state index in [1.807, 2.05) is 19.2 Å². The third-order valence-corrected chi connectivity index (χ3v) is 4.23. The predicted molar refractivity (Wildman–Crippen MR) is 92.5 cm³/mol. The molecule has 0 spiro atoms. The van der Waals surface area contributed by atoms with Gasteiger partial charge in [0.05, 0.1) is 6.04 Å². The zero-order valence-electron chi connectivity index (χ0n) is 12.9. The smallest absolute Gasteiger partial charge is 0.0589 e. The van der Waals surface area contributed by atoms with Gasteiger partial charge in [0.15, 0.2) is 0 Å². The highest BCUT2D eigenvalue weighted by molar-refractivity contribution is 6.35. The lowest BCUT2D eigenvalue weighted by Crippen LogP contribution is -2.18. The molecule has 0 bridgehead atoms. The van der Waals surface area contributed by atoms with Gasteiger partial charge in [0.25, 0.3) is 0 Å². The van der Waals surface area contributed by atoms with E-state index in [1.165, 1.54) is 11.1 Å². The summed E-state index contributed by atoms with van der Waals surface area (Å²) >= 11 is 12.3. The Morgan fingerprint density at radius 1 is 0.952 bits per heavy atom. The first-order valence-corrected chi connectivity index (χ1v) is 7.81. The van der Waals surface area contributed by atoms with Crippen molar-refractivity contribution in [3.63, 3.8) is 0 Å². The monoisotopic (exact) mass is 321 g/mol. The summed E-state index contributed by atoms with van der Waals surface area (Å²) in [6, 6.07) is 14.4. The Labute approximate surface area is 137 Å². The fourth-order valence-electron chi connectivity index (χ4n) is 2.41. The molecule has 1 atom stereocenters. The number of benzene rings is 2. The first-order valence-electron chi connectivity index (χ1n) is 7.05. The molecule has 21 heavy (non-hydrogen) atoms. The quantitative estimate of drug-likeness (QED) is 0.775. The maximum atomic E-state index is 6.33. The molecule has 0 aromatic heterocycles. The highest BCUT2D eigenvalue weighted by Gasteiger charge is 2.17. The molecule has 0 saturated heterocycles. The highest BCUT2D eigenvalue weighted by atomic mass is 35.5. The van der Waals surface area contributed by atoms with Gasteiger partial charge >= 0.3 is 0 Å². The van der Waals surface area contributed by atoms with E-state index in [0.29, 0.717) is 10.0 Å². The molecule has 1 nitrogen and oxygen atoms in total. The minimum atomic E-state index is 0.0591. The van der Waals surface area contributed by atoms with Gasteiger partial charge in [-0.15, -0.1) is 0 Å². The molecule has 0 saturated carbocycles. The van der Waals surface area contributed by atoms with Crippen LogP contribution in [-0.2, 0) is 5.41 Å². The largest absolute Gasteiger partial charge is 0.309 e. The summed E-state index contributed by atoms with van der Waals surface area (Å²) in [5.41, 5.74) is 3.70. The molecule has 1 N–H and O–H groups in total. The number of hydrogen-bond acceptors (Lipinski definition) is 1.